The largest absolute Gasteiger partial charge is 0.390 e. The molecular weight excluding hydrogens is 148 g/mol. The van der Waals surface area contributed by atoms with Crippen LogP contribution in [0.15, 0.2) is 0 Å². The summed E-state index contributed by atoms with van der Waals surface area (Å²) < 4.78 is 9.98. The predicted molar refractivity (Wildman–Crippen MR) is 38.0 cm³/mol. The smallest absolute Gasteiger partial charge is 0.183 e. The number of methoxy groups -OCH3 is 1. The Bertz CT molecular complexity index is 128. The zero-order valence-corrected chi connectivity index (χ0v) is 6.73. The lowest BCUT2D eigenvalue weighted by atomic mass is 10.0. The molecule has 1 heterocycles. The minimum atomic E-state index is -0.716. The van der Waals surface area contributed by atoms with E-state index in [0.717, 1.165) is 0 Å². The van der Waals surface area contributed by atoms with Crippen molar-refractivity contribution in [2.24, 2.45) is 0 Å². The summed E-state index contributed by atoms with van der Waals surface area (Å²) in [5.41, 5.74) is 0. The van der Waals surface area contributed by atoms with Crippen molar-refractivity contribution in [2.45, 2.75) is 37.9 Å². The van der Waals surface area contributed by atoms with Gasteiger partial charge in [-0.2, -0.15) is 0 Å². The van der Waals surface area contributed by atoms with E-state index in [2.05, 4.69) is 0 Å². The van der Waals surface area contributed by atoms with Crippen LogP contribution < -0.4 is 0 Å². The first-order valence-corrected chi connectivity index (χ1v) is 3.69. The Morgan fingerprint density at radius 3 is 2.55 bits per heavy atom. The highest BCUT2D eigenvalue weighted by molar-refractivity contribution is 4.77. The zero-order valence-electron chi connectivity index (χ0n) is 6.73. The van der Waals surface area contributed by atoms with E-state index < -0.39 is 18.5 Å². The molecule has 1 aliphatic heterocycles. The Labute approximate surface area is 65.7 Å². The molecule has 0 aromatic heterocycles. The average molecular weight is 162 g/mol. The highest BCUT2D eigenvalue weighted by Gasteiger charge is 2.33. The molecule has 2 N–H and O–H groups in total. The molecule has 1 rings (SSSR count). The minimum Gasteiger partial charge on any atom is -0.390 e. The van der Waals surface area contributed by atoms with E-state index in [0.29, 0.717) is 6.42 Å². The molecule has 0 aliphatic carbocycles. The van der Waals surface area contributed by atoms with Crippen LogP contribution >= 0.6 is 0 Å². The maximum Gasteiger partial charge on any atom is 0.183 e. The fourth-order valence-corrected chi connectivity index (χ4v) is 1.16. The molecule has 4 atom stereocenters. The van der Waals surface area contributed by atoms with Crippen molar-refractivity contribution in [3.05, 3.63) is 0 Å². The highest BCUT2D eigenvalue weighted by Crippen LogP contribution is 2.19. The van der Waals surface area contributed by atoms with Gasteiger partial charge in [0.05, 0.1) is 12.2 Å². The number of rotatable bonds is 1. The van der Waals surface area contributed by atoms with Crippen LogP contribution in [0.25, 0.3) is 0 Å². The average Bonchev–Trinajstić information content (AvgIpc) is 1.97. The lowest BCUT2D eigenvalue weighted by Gasteiger charge is -2.34. The lowest BCUT2D eigenvalue weighted by Crippen LogP contribution is -2.46. The third-order valence-electron chi connectivity index (χ3n) is 1.92. The van der Waals surface area contributed by atoms with Gasteiger partial charge in [-0.15, -0.1) is 0 Å². The fraction of sp³-hybridized carbons (Fsp3) is 1.00. The predicted octanol–water partition coefficient (Wildman–Crippen LogP) is -0.510. The molecule has 66 valence electrons. The van der Waals surface area contributed by atoms with E-state index in [9.17, 15) is 10.2 Å². The van der Waals surface area contributed by atoms with Gasteiger partial charge in [-0.3, -0.25) is 0 Å². The molecule has 1 aliphatic rings. The Balaban J connectivity index is 2.48. The molecule has 1 fully saturated rings. The summed E-state index contributed by atoms with van der Waals surface area (Å²) in [4.78, 5) is 0. The van der Waals surface area contributed by atoms with Gasteiger partial charge in [0, 0.05) is 13.5 Å². The van der Waals surface area contributed by atoms with E-state index in [4.69, 9.17) is 9.47 Å². The normalized spacial score (nSPS) is 45.8. The van der Waals surface area contributed by atoms with Crippen molar-refractivity contribution in [1.29, 1.82) is 0 Å². The molecule has 0 bridgehead atoms. The van der Waals surface area contributed by atoms with Crippen LogP contribution in [0.4, 0.5) is 0 Å². The lowest BCUT2D eigenvalue weighted by molar-refractivity contribution is -0.251. The first-order chi connectivity index (χ1) is 5.15. The summed E-state index contributed by atoms with van der Waals surface area (Å²) >= 11 is 0. The van der Waals surface area contributed by atoms with Crippen molar-refractivity contribution in [3.8, 4) is 0 Å². The molecule has 0 spiro atoms. The van der Waals surface area contributed by atoms with Crippen molar-refractivity contribution in [1.82, 2.24) is 0 Å². The van der Waals surface area contributed by atoms with Gasteiger partial charge in [-0.05, 0) is 6.92 Å². The SMILES string of the molecule is CO[C@@H]1O[C@H](C)[C@@H](O)C[C@@H]1O. The van der Waals surface area contributed by atoms with Crippen molar-refractivity contribution >= 4 is 0 Å². The number of aliphatic hydroxyl groups is 2. The van der Waals surface area contributed by atoms with Gasteiger partial charge >= 0.3 is 0 Å². The zero-order chi connectivity index (χ0) is 8.43. The molecular formula is C7H14O4. The molecule has 0 amide bonds. The van der Waals surface area contributed by atoms with Crippen LogP contribution in [0.1, 0.15) is 13.3 Å². The molecule has 11 heavy (non-hydrogen) atoms. The first kappa shape index (κ1) is 8.93. The van der Waals surface area contributed by atoms with Gasteiger partial charge in [0.2, 0.25) is 0 Å². The van der Waals surface area contributed by atoms with E-state index in [1.165, 1.54) is 7.11 Å². The number of hydrogen-bond donors (Lipinski definition) is 2. The summed E-state index contributed by atoms with van der Waals surface area (Å²) in [5, 5.41) is 18.5. The van der Waals surface area contributed by atoms with Crippen LogP contribution in [0.2, 0.25) is 0 Å². The molecule has 0 aromatic carbocycles. The summed E-state index contributed by atoms with van der Waals surface area (Å²) in [6.07, 6.45) is -1.83. The van der Waals surface area contributed by atoms with Crippen LogP contribution in [0, 0.1) is 0 Å². The second-order valence-electron chi connectivity index (χ2n) is 2.82. The third kappa shape index (κ3) is 1.90. The van der Waals surface area contributed by atoms with Crippen LogP contribution in [0.3, 0.4) is 0 Å². The Kier molecular flexibility index (Phi) is 2.84. The molecule has 0 saturated carbocycles. The molecule has 0 aromatic rings. The highest BCUT2D eigenvalue weighted by atomic mass is 16.7. The van der Waals surface area contributed by atoms with Gasteiger partial charge in [0.1, 0.15) is 6.10 Å². The molecule has 0 radical (unpaired) electrons. The topological polar surface area (TPSA) is 58.9 Å². The second kappa shape index (κ2) is 3.49. The maximum atomic E-state index is 9.25. The van der Waals surface area contributed by atoms with Gasteiger partial charge in [-0.1, -0.05) is 0 Å². The first-order valence-electron chi connectivity index (χ1n) is 3.69. The molecule has 4 heteroatoms. The molecule has 0 unspecified atom stereocenters. The monoisotopic (exact) mass is 162 g/mol. The number of hydrogen-bond acceptors (Lipinski definition) is 4. The summed E-state index contributed by atoms with van der Waals surface area (Å²) in [6.45, 7) is 1.75. The van der Waals surface area contributed by atoms with E-state index in [-0.39, 0.29) is 6.10 Å². The number of ether oxygens (including phenoxy) is 2. The van der Waals surface area contributed by atoms with Crippen molar-refractivity contribution in [2.75, 3.05) is 7.11 Å². The van der Waals surface area contributed by atoms with Gasteiger partial charge < -0.3 is 19.7 Å². The fourth-order valence-electron chi connectivity index (χ4n) is 1.16. The third-order valence-corrected chi connectivity index (χ3v) is 1.92. The summed E-state index contributed by atoms with van der Waals surface area (Å²) in [7, 11) is 1.47. The van der Waals surface area contributed by atoms with Crippen molar-refractivity contribution in [3.63, 3.8) is 0 Å². The van der Waals surface area contributed by atoms with Gasteiger partial charge in [0.15, 0.2) is 6.29 Å². The molecule has 4 nitrogen and oxygen atoms in total. The Morgan fingerprint density at radius 1 is 1.36 bits per heavy atom. The van der Waals surface area contributed by atoms with E-state index in [1.807, 2.05) is 0 Å². The molecule has 1 saturated heterocycles. The van der Waals surface area contributed by atoms with Gasteiger partial charge in [0.25, 0.3) is 0 Å². The van der Waals surface area contributed by atoms with Crippen LogP contribution in [-0.4, -0.2) is 41.9 Å². The standard InChI is InChI=1S/C7H14O4/c1-4-5(8)3-6(9)7(10-2)11-4/h4-9H,3H2,1-2H3/t4-,5+,6+,7-/m1/s1. The Hall–Kier alpha value is -0.160. The van der Waals surface area contributed by atoms with E-state index in [1.54, 1.807) is 6.92 Å². The van der Waals surface area contributed by atoms with E-state index >= 15 is 0 Å². The number of aliphatic hydroxyl groups excluding tert-OH is 2. The maximum absolute atomic E-state index is 9.25. The summed E-state index contributed by atoms with van der Waals surface area (Å²) in [6, 6.07) is 0. The minimum absolute atomic E-state index is 0.261. The van der Waals surface area contributed by atoms with Gasteiger partial charge in [-0.25, -0.2) is 0 Å². The van der Waals surface area contributed by atoms with Crippen molar-refractivity contribution < 1.29 is 19.7 Å². The van der Waals surface area contributed by atoms with Crippen LogP contribution in [0.5, 0.6) is 0 Å². The summed E-state index contributed by atoms with van der Waals surface area (Å²) in [5.74, 6) is 0. The second-order valence-corrected chi connectivity index (χ2v) is 2.82. The Morgan fingerprint density at radius 2 is 2.00 bits per heavy atom. The van der Waals surface area contributed by atoms with Crippen LogP contribution in [-0.2, 0) is 9.47 Å². The quantitative estimate of drug-likeness (QED) is 0.545.